The number of aromatic nitrogens is 1. The lowest BCUT2D eigenvalue weighted by molar-refractivity contribution is -0.142. The second-order valence-corrected chi connectivity index (χ2v) is 5.99. The predicted molar refractivity (Wildman–Crippen MR) is 80.1 cm³/mol. The summed E-state index contributed by atoms with van der Waals surface area (Å²) >= 11 is 0. The smallest absolute Gasteiger partial charge is 0.326 e. The molecule has 2 aromatic rings. The summed E-state index contributed by atoms with van der Waals surface area (Å²) < 4.78 is 0. The third kappa shape index (κ3) is 3.18. The molecule has 0 aliphatic carbocycles. The summed E-state index contributed by atoms with van der Waals surface area (Å²) in [6, 6.07) is 7.94. The van der Waals surface area contributed by atoms with Gasteiger partial charge in [-0.3, -0.25) is 9.78 Å². The van der Waals surface area contributed by atoms with Crippen LogP contribution in [-0.4, -0.2) is 28.0 Å². The number of hydrogen-bond donors (Lipinski definition) is 2. The van der Waals surface area contributed by atoms with E-state index in [1.54, 1.807) is 45.2 Å². The zero-order chi connectivity index (χ0) is 15.6. The molecule has 0 saturated heterocycles. The Morgan fingerprint density at radius 2 is 1.86 bits per heavy atom. The van der Waals surface area contributed by atoms with Gasteiger partial charge in [0.25, 0.3) is 5.91 Å². The molecule has 5 nitrogen and oxygen atoms in total. The van der Waals surface area contributed by atoms with Gasteiger partial charge < -0.3 is 10.4 Å². The Balaban J connectivity index is 2.37. The Kier molecular flexibility index (Phi) is 3.93. The zero-order valence-corrected chi connectivity index (χ0v) is 12.3. The maximum absolute atomic E-state index is 12.4. The van der Waals surface area contributed by atoms with Crippen LogP contribution in [0.2, 0.25) is 0 Å². The highest BCUT2D eigenvalue weighted by atomic mass is 16.4. The molecule has 1 aromatic heterocycles. The number of carboxylic acid groups (broad SMARTS) is 1. The molecule has 0 aliphatic rings. The summed E-state index contributed by atoms with van der Waals surface area (Å²) in [5, 5.41) is 12.7. The van der Waals surface area contributed by atoms with E-state index in [0.29, 0.717) is 11.1 Å². The maximum Gasteiger partial charge on any atom is 0.326 e. The van der Waals surface area contributed by atoms with Crippen molar-refractivity contribution in [2.75, 3.05) is 0 Å². The maximum atomic E-state index is 12.4. The highest BCUT2D eigenvalue weighted by Gasteiger charge is 2.33. The number of carbonyl (C=O) groups is 2. The molecule has 2 N–H and O–H groups in total. The molecule has 1 aromatic carbocycles. The first-order valence-electron chi connectivity index (χ1n) is 6.68. The number of benzene rings is 1. The monoisotopic (exact) mass is 286 g/mol. The summed E-state index contributed by atoms with van der Waals surface area (Å²) in [4.78, 5) is 28.0. The summed E-state index contributed by atoms with van der Waals surface area (Å²) in [7, 11) is 0. The van der Waals surface area contributed by atoms with E-state index in [-0.39, 0.29) is 0 Å². The van der Waals surface area contributed by atoms with Crippen molar-refractivity contribution in [1.82, 2.24) is 10.3 Å². The molecular formula is C16H18N2O3. The third-order valence-electron chi connectivity index (χ3n) is 3.27. The minimum absolute atomic E-state index is 0.378. The molecule has 0 fully saturated rings. The summed E-state index contributed by atoms with van der Waals surface area (Å²) in [5.41, 5.74) is 0.360. The lowest BCUT2D eigenvalue weighted by atomic mass is 9.86. The van der Waals surface area contributed by atoms with Crippen molar-refractivity contribution in [3.63, 3.8) is 0 Å². The number of hydrogen-bond acceptors (Lipinski definition) is 3. The first kappa shape index (κ1) is 15.0. The van der Waals surface area contributed by atoms with Crippen LogP contribution >= 0.6 is 0 Å². The van der Waals surface area contributed by atoms with Gasteiger partial charge in [0, 0.05) is 11.6 Å². The standard InChI is InChI=1S/C16H18N2O3/c1-16(2,3)13(15(20)21)18-14(19)11-8-4-6-10-7-5-9-17-12(10)11/h4-9,13H,1-3H3,(H,18,19)(H,20,21)/t13-/m1/s1. The van der Waals surface area contributed by atoms with Crippen LogP contribution < -0.4 is 5.32 Å². The number of nitrogens with one attached hydrogen (secondary N) is 1. The number of para-hydroxylation sites is 1. The van der Waals surface area contributed by atoms with Crippen LogP contribution in [0.1, 0.15) is 31.1 Å². The number of pyridine rings is 1. The molecule has 5 heteroatoms. The predicted octanol–water partition coefficient (Wildman–Crippen LogP) is 2.46. The van der Waals surface area contributed by atoms with Gasteiger partial charge >= 0.3 is 5.97 Å². The van der Waals surface area contributed by atoms with E-state index in [2.05, 4.69) is 10.3 Å². The third-order valence-corrected chi connectivity index (χ3v) is 3.27. The molecule has 2 rings (SSSR count). The van der Waals surface area contributed by atoms with E-state index in [0.717, 1.165) is 5.39 Å². The summed E-state index contributed by atoms with van der Waals surface area (Å²) in [6.45, 7) is 5.31. The van der Waals surface area contributed by atoms with Gasteiger partial charge in [0.2, 0.25) is 0 Å². The second kappa shape index (κ2) is 5.52. The Morgan fingerprint density at radius 3 is 2.48 bits per heavy atom. The Morgan fingerprint density at radius 1 is 1.19 bits per heavy atom. The highest BCUT2D eigenvalue weighted by Crippen LogP contribution is 2.21. The number of fused-ring (bicyclic) bond motifs is 1. The van der Waals surface area contributed by atoms with E-state index in [9.17, 15) is 14.7 Å². The lowest BCUT2D eigenvalue weighted by Gasteiger charge is -2.27. The molecule has 0 aliphatic heterocycles. The van der Waals surface area contributed by atoms with Crippen LogP contribution in [0.25, 0.3) is 10.9 Å². The molecule has 0 unspecified atom stereocenters. The van der Waals surface area contributed by atoms with Gasteiger partial charge in [0.05, 0.1) is 11.1 Å². The Bertz CT molecular complexity index is 684. The van der Waals surface area contributed by atoms with Gasteiger partial charge in [-0.2, -0.15) is 0 Å². The van der Waals surface area contributed by atoms with Crippen LogP contribution in [0.4, 0.5) is 0 Å². The average Bonchev–Trinajstić information content (AvgIpc) is 2.42. The fourth-order valence-electron chi connectivity index (χ4n) is 2.14. The molecule has 0 radical (unpaired) electrons. The molecule has 1 heterocycles. The Hall–Kier alpha value is -2.43. The highest BCUT2D eigenvalue weighted by molar-refractivity contribution is 6.06. The molecule has 1 atom stereocenters. The minimum Gasteiger partial charge on any atom is -0.480 e. The van der Waals surface area contributed by atoms with Crippen molar-refractivity contribution >= 4 is 22.8 Å². The van der Waals surface area contributed by atoms with Gasteiger partial charge in [-0.25, -0.2) is 4.79 Å². The van der Waals surface area contributed by atoms with Gasteiger partial charge in [-0.1, -0.05) is 39.0 Å². The van der Waals surface area contributed by atoms with Crippen LogP contribution in [0, 0.1) is 5.41 Å². The fraction of sp³-hybridized carbons (Fsp3) is 0.312. The SMILES string of the molecule is CC(C)(C)[C@H](NC(=O)c1cccc2cccnc12)C(=O)O. The Labute approximate surface area is 123 Å². The quantitative estimate of drug-likeness (QED) is 0.908. The van der Waals surface area contributed by atoms with E-state index in [1.165, 1.54) is 0 Å². The molecule has 21 heavy (non-hydrogen) atoms. The van der Waals surface area contributed by atoms with E-state index in [4.69, 9.17) is 0 Å². The van der Waals surface area contributed by atoms with Gasteiger partial charge in [0.15, 0.2) is 0 Å². The van der Waals surface area contributed by atoms with Gasteiger partial charge in [-0.15, -0.1) is 0 Å². The van der Waals surface area contributed by atoms with Crippen LogP contribution in [0.5, 0.6) is 0 Å². The lowest BCUT2D eigenvalue weighted by Crippen LogP contribution is -2.49. The average molecular weight is 286 g/mol. The largest absolute Gasteiger partial charge is 0.480 e. The zero-order valence-electron chi connectivity index (χ0n) is 12.3. The van der Waals surface area contributed by atoms with Gasteiger partial charge in [0.1, 0.15) is 6.04 Å². The van der Waals surface area contributed by atoms with Crippen LogP contribution in [0.3, 0.4) is 0 Å². The number of carbonyl (C=O) groups excluding carboxylic acids is 1. The number of rotatable bonds is 3. The topological polar surface area (TPSA) is 79.3 Å². The number of carboxylic acids is 1. The van der Waals surface area contributed by atoms with Crippen LogP contribution in [0.15, 0.2) is 36.5 Å². The van der Waals surface area contributed by atoms with E-state index >= 15 is 0 Å². The van der Waals surface area contributed by atoms with E-state index < -0.39 is 23.3 Å². The molecular weight excluding hydrogens is 268 g/mol. The first-order valence-corrected chi connectivity index (χ1v) is 6.68. The van der Waals surface area contributed by atoms with Crippen molar-refractivity contribution < 1.29 is 14.7 Å². The van der Waals surface area contributed by atoms with Crippen molar-refractivity contribution in [3.8, 4) is 0 Å². The normalized spacial score (nSPS) is 12.9. The van der Waals surface area contributed by atoms with Crippen LogP contribution in [-0.2, 0) is 4.79 Å². The van der Waals surface area contributed by atoms with Crippen molar-refractivity contribution in [1.29, 1.82) is 0 Å². The van der Waals surface area contributed by atoms with Crippen molar-refractivity contribution in [3.05, 3.63) is 42.1 Å². The van der Waals surface area contributed by atoms with E-state index in [1.807, 2.05) is 12.1 Å². The number of nitrogens with zero attached hydrogens (tertiary/aromatic N) is 1. The summed E-state index contributed by atoms with van der Waals surface area (Å²) in [5.74, 6) is -1.48. The van der Waals surface area contributed by atoms with Gasteiger partial charge in [-0.05, 0) is 17.5 Å². The molecule has 110 valence electrons. The molecule has 0 spiro atoms. The first-order chi connectivity index (χ1) is 9.80. The molecule has 0 saturated carbocycles. The van der Waals surface area contributed by atoms with Crippen molar-refractivity contribution in [2.24, 2.45) is 5.41 Å². The summed E-state index contributed by atoms with van der Waals surface area (Å²) in [6.07, 6.45) is 1.61. The molecule has 0 bridgehead atoms. The fourth-order valence-corrected chi connectivity index (χ4v) is 2.14. The second-order valence-electron chi connectivity index (χ2n) is 5.99. The number of aliphatic carboxylic acids is 1. The number of amides is 1. The minimum atomic E-state index is -1.05. The van der Waals surface area contributed by atoms with Crippen molar-refractivity contribution in [2.45, 2.75) is 26.8 Å². The molecule has 1 amide bonds.